The van der Waals surface area contributed by atoms with Crippen LogP contribution < -0.4 is 0 Å². The fourth-order valence-corrected chi connectivity index (χ4v) is 4.22. The molecule has 2 fully saturated rings. The Morgan fingerprint density at radius 3 is 2.85 bits per heavy atom. The number of rotatable bonds is 2. The van der Waals surface area contributed by atoms with Crippen LogP contribution in [0.2, 0.25) is 12.6 Å². The maximum Gasteiger partial charge on any atom is 0.268 e. The molecule has 0 aliphatic carbocycles. The second-order valence-corrected chi connectivity index (χ2v) is 6.43. The van der Waals surface area contributed by atoms with Crippen LogP contribution in [0.1, 0.15) is 37.8 Å². The van der Waals surface area contributed by atoms with Crippen molar-refractivity contribution in [2.45, 2.75) is 50.9 Å². The highest BCUT2D eigenvalue weighted by Crippen LogP contribution is 2.39. The van der Waals surface area contributed by atoms with Crippen molar-refractivity contribution in [1.82, 2.24) is 4.90 Å². The molecule has 0 aromatic heterocycles. The molecular weight excluding hydrogens is 243 g/mol. The number of fused-ring (bicyclic) bond motifs is 1. The van der Waals surface area contributed by atoms with Gasteiger partial charge in [-0.05, 0) is 44.2 Å². The average Bonchev–Trinajstić information content (AvgIpc) is 2.54. The van der Waals surface area contributed by atoms with Gasteiger partial charge in [-0.3, -0.25) is 4.90 Å². The van der Waals surface area contributed by atoms with E-state index in [1.165, 1.54) is 31.4 Å². The van der Waals surface area contributed by atoms with Crippen LogP contribution in [0, 0.1) is 17.1 Å². The van der Waals surface area contributed by atoms with Crippen LogP contribution in [0.4, 0.5) is 0 Å². The Hall–Kier alpha value is -1.27. The van der Waals surface area contributed by atoms with Crippen LogP contribution in [0.3, 0.4) is 0 Å². The highest BCUT2D eigenvalue weighted by Gasteiger charge is 2.39. The van der Waals surface area contributed by atoms with Gasteiger partial charge in [0.2, 0.25) is 0 Å². The standard InChI is InChI=1S/C17H23BN2/c1-14(15-6-3-2-4-7-15)20-11-5-8-16-12-18(13-19)10-9-17(16)20/h2-4,6-7,14,16-17H,5,8-12H2,1H3. The molecule has 0 radical (unpaired) electrons. The number of hydrogen-bond donors (Lipinski definition) is 0. The molecule has 2 aliphatic heterocycles. The smallest absolute Gasteiger partial charge is 0.268 e. The molecule has 3 unspecified atom stereocenters. The quantitative estimate of drug-likeness (QED) is 0.761. The van der Waals surface area contributed by atoms with E-state index in [2.05, 4.69) is 48.1 Å². The van der Waals surface area contributed by atoms with Crippen LogP contribution in [-0.4, -0.2) is 24.2 Å². The van der Waals surface area contributed by atoms with Gasteiger partial charge >= 0.3 is 0 Å². The van der Waals surface area contributed by atoms with Crippen LogP contribution >= 0.6 is 0 Å². The zero-order chi connectivity index (χ0) is 13.9. The van der Waals surface area contributed by atoms with Crippen molar-refractivity contribution in [3.8, 4) is 5.97 Å². The highest BCUT2D eigenvalue weighted by atomic mass is 15.2. The normalized spacial score (nSPS) is 28.5. The van der Waals surface area contributed by atoms with Gasteiger partial charge in [0.15, 0.2) is 0 Å². The monoisotopic (exact) mass is 266 g/mol. The average molecular weight is 266 g/mol. The first kappa shape index (κ1) is 13.7. The van der Waals surface area contributed by atoms with Crippen molar-refractivity contribution in [2.24, 2.45) is 5.92 Å². The lowest BCUT2D eigenvalue weighted by atomic mass is 9.39. The third-order valence-electron chi connectivity index (χ3n) is 5.32. The minimum Gasteiger partial charge on any atom is -0.293 e. The van der Waals surface area contributed by atoms with Gasteiger partial charge < -0.3 is 0 Å². The molecule has 2 heterocycles. The summed E-state index contributed by atoms with van der Waals surface area (Å²) >= 11 is 0. The number of piperidine rings is 1. The van der Waals surface area contributed by atoms with E-state index in [-0.39, 0.29) is 0 Å². The lowest BCUT2D eigenvalue weighted by molar-refractivity contribution is 0.0569. The third-order valence-corrected chi connectivity index (χ3v) is 5.32. The molecule has 104 valence electrons. The molecule has 0 spiro atoms. The molecule has 0 N–H and O–H groups in total. The molecule has 1 aromatic carbocycles. The molecule has 2 aliphatic rings. The van der Waals surface area contributed by atoms with E-state index in [9.17, 15) is 5.26 Å². The first-order valence-electron chi connectivity index (χ1n) is 8.00. The summed E-state index contributed by atoms with van der Waals surface area (Å²) in [6.45, 7) is 3.87. The summed E-state index contributed by atoms with van der Waals surface area (Å²) in [6, 6.07) is 12.1. The second-order valence-electron chi connectivity index (χ2n) is 6.43. The van der Waals surface area contributed by atoms with Gasteiger partial charge in [0.05, 0.1) is 0 Å². The van der Waals surface area contributed by atoms with Crippen molar-refractivity contribution in [3.63, 3.8) is 0 Å². The molecule has 3 heteroatoms. The summed E-state index contributed by atoms with van der Waals surface area (Å²) in [4.78, 5) is 2.71. The summed E-state index contributed by atoms with van der Waals surface area (Å²) in [5, 5.41) is 9.17. The largest absolute Gasteiger partial charge is 0.293 e. The van der Waals surface area contributed by atoms with Crippen molar-refractivity contribution < 1.29 is 0 Å². The number of likely N-dealkylation sites (tertiary alicyclic amines) is 1. The fourth-order valence-electron chi connectivity index (χ4n) is 4.22. The topological polar surface area (TPSA) is 27.0 Å². The van der Waals surface area contributed by atoms with Gasteiger partial charge in [0.1, 0.15) is 0 Å². The molecule has 3 rings (SSSR count). The van der Waals surface area contributed by atoms with E-state index in [0.717, 1.165) is 18.6 Å². The number of nitrogens with zero attached hydrogens (tertiary/aromatic N) is 2. The minimum absolute atomic E-state index is 0.309. The summed E-state index contributed by atoms with van der Waals surface area (Å²) in [7, 11) is 0. The van der Waals surface area contributed by atoms with Gasteiger partial charge in [-0.25, -0.2) is 5.26 Å². The van der Waals surface area contributed by atoms with E-state index < -0.39 is 0 Å². The highest BCUT2D eigenvalue weighted by molar-refractivity contribution is 6.67. The predicted molar refractivity (Wildman–Crippen MR) is 83.7 cm³/mol. The van der Waals surface area contributed by atoms with Crippen LogP contribution in [0.25, 0.3) is 0 Å². The van der Waals surface area contributed by atoms with Gasteiger partial charge in [-0.2, -0.15) is 0 Å². The van der Waals surface area contributed by atoms with Gasteiger partial charge in [-0.15, -0.1) is 0 Å². The predicted octanol–water partition coefficient (Wildman–Crippen LogP) is 3.79. The minimum atomic E-state index is 0.309. The summed E-state index contributed by atoms with van der Waals surface area (Å²) in [6.07, 6.45) is 6.03. The first-order valence-corrected chi connectivity index (χ1v) is 8.00. The van der Waals surface area contributed by atoms with Crippen LogP contribution in [-0.2, 0) is 0 Å². The maximum absolute atomic E-state index is 9.17. The van der Waals surface area contributed by atoms with Gasteiger partial charge in [0, 0.05) is 18.1 Å². The van der Waals surface area contributed by atoms with E-state index in [1.807, 2.05) is 0 Å². The van der Waals surface area contributed by atoms with Gasteiger partial charge in [-0.1, -0.05) is 43.0 Å². The van der Waals surface area contributed by atoms with E-state index >= 15 is 0 Å². The Morgan fingerprint density at radius 2 is 2.10 bits per heavy atom. The molecule has 0 bridgehead atoms. The molecule has 20 heavy (non-hydrogen) atoms. The van der Waals surface area contributed by atoms with Crippen molar-refractivity contribution in [2.75, 3.05) is 6.54 Å². The van der Waals surface area contributed by atoms with Crippen LogP contribution in [0.5, 0.6) is 0 Å². The van der Waals surface area contributed by atoms with Crippen molar-refractivity contribution in [3.05, 3.63) is 35.9 Å². The van der Waals surface area contributed by atoms with Gasteiger partial charge in [0.25, 0.3) is 6.71 Å². The maximum atomic E-state index is 9.17. The molecule has 0 saturated carbocycles. The van der Waals surface area contributed by atoms with E-state index in [0.29, 0.717) is 18.8 Å². The summed E-state index contributed by atoms with van der Waals surface area (Å²) < 4.78 is 0. The molecular formula is C17H23BN2. The number of hydrogen-bond acceptors (Lipinski definition) is 2. The zero-order valence-corrected chi connectivity index (χ0v) is 12.3. The van der Waals surface area contributed by atoms with Crippen molar-refractivity contribution in [1.29, 1.82) is 5.26 Å². The Bertz CT molecular complexity index is 482. The van der Waals surface area contributed by atoms with E-state index in [1.54, 1.807) is 0 Å². The Kier molecular flexibility index (Phi) is 4.12. The van der Waals surface area contributed by atoms with Crippen LogP contribution in [0.15, 0.2) is 30.3 Å². The fraction of sp³-hybridized carbons (Fsp3) is 0.588. The summed E-state index contributed by atoms with van der Waals surface area (Å²) in [5.41, 5.74) is 1.43. The molecule has 2 nitrogen and oxygen atoms in total. The number of benzene rings is 1. The molecule has 2 saturated heterocycles. The SMILES string of the molecule is CC(c1ccccc1)N1CCCC2CB(C#N)CCC21. The molecule has 3 atom stereocenters. The molecule has 0 amide bonds. The van der Waals surface area contributed by atoms with Crippen molar-refractivity contribution >= 4 is 6.71 Å². The Balaban J connectivity index is 1.75. The lowest BCUT2D eigenvalue weighted by Crippen LogP contribution is -2.49. The Morgan fingerprint density at radius 1 is 1.30 bits per heavy atom. The first-order chi connectivity index (χ1) is 9.79. The summed E-state index contributed by atoms with van der Waals surface area (Å²) in [5.74, 6) is 3.24. The Labute approximate surface area is 122 Å². The van der Waals surface area contributed by atoms with E-state index in [4.69, 9.17) is 0 Å². The second kappa shape index (κ2) is 6.02. The zero-order valence-electron chi connectivity index (χ0n) is 12.3. The lowest BCUT2D eigenvalue weighted by Gasteiger charge is -2.47. The molecule has 1 aromatic rings. The number of nitriles is 1. The third kappa shape index (κ3) is 2.62.